The fourth-order valence-corrected chi connectivity index (χ4v) is 5.15. The summed E-state index contributed by atoms with van der Waals surface area (Å²) in [6.45, 7) is 6.64. The van der Waals surface area contributed by atoms with Crippen molar-refractivity contribution in [3.8, 4) is 16.9 Å². The maximum absolute atomic E-state index is 14.1. The van der Waals surface area contributed by atoms with Gasteiger partial charge in [0, 0.05) is 6.42 Å². The molecule has 1 aliphatic rings. The molecule has 1 unspecified atom stereocenters. The van der Waals surface area contributed by atoms with Crippen LogP contribution in [0.2, 0.25) is 0 Å². The van der Waals surface area contributed by atoms with Crippen molar-refractivity contribution in [2.75, 3.05) is 6.61 Å². The molecular weight excluding hydrogens is 455 g/mol. The van der Waals surface area contributed by atoms with Crippen LogP contribution in [0.15, 0.2) is 66.7 Å². The molecule has 1 atom stereocenters. The molecule has 1 saturated carbocycles. The molecule has 0 amide bonds. The molecule has 1 N–H and O–H groups in total. The lowest BCUT2D eigenvalue weighted by atomic mass is 9.73. The maximum Gasteiger partial charge on any atom is 0.306 e. The van der Waals surface area contributed by atoms with Gasteiger partial charge in [-0.25, -0.2) is 4.39 Å². The molecule has 0 heterocycles. The lowest BCUT2D eigenvalue weighted by Crippen LogP contribution is -2.36. The van der Waals surface area contributed by atoms with Gasteiger partial charge in [-0.15, -0.1) is 0 Å². The second-order valence-electron chi connectivity index (χ2n) is 10.2. The van der Waals surface area contributed by atoms with Crippen molar-refractivity contribution in [3.05, 3.63) is 89.2 Å². The van der Waals surface area contributed by atoms with E-state index in [1.165, 1.54) is 12.1 Å². The zero-order chi connectivity index (χ0) is 25.8. The van der Waals surface area contributed by atoms with Crippen LogP contribution in [0.1, 0.15) is 63.1 Å². The molecule has 1 fully saturated rings. The highest BCUT2D eigenvalue weighted by molar-refractivity contribution is 5.69. The molecule has 190 valence electrons. The number of carbonyl (C=O) groups excluding carboxylic acids is 1. The fraction of sp³-hybridized carbons (Fsp3) is 0.387. The van der Waals surface area contributed by atoms with Crippen molar-refractivity contribution < 1.29 is 23.8 Å². The first-order chi connectivity index (χ1) is 17.2. The van der Waals surface area contributed by atoms with E-state index in [1.807, 2.05) is 48.5 Å². The third kappa shape index (κ3) is 5.62. The molecule has 0 radical (unpaired) electrons. The molecule has 3 aromatic rings. The summed E-state index contributed by atoms with van der Waals surface area (Å²) >= 11 is 0. The van der Waals surface area contributed by atoms with Crippen LogP contribution in [0.3, 0.4) is 0 Å². The Labute approximate surface area is 213 Å². The Morgan fingerprint density at radius 2 is 1.72 bits per heavy atom. The summed E-state index contributed by atoms with van der Waals surface area (Å²) in [7, 11) is 0. The molecule has 1 aliphatic carbocycles. The van der Waals surface area contributed by atoms with Crippen LogP contribution in [-0.2, 0) is 28.2 Å². The number of hydrogen-bond donors (Lipinski definition) is 1. The van der Waals surface area contributed by atoms with Gasteiger partial charge in [-0.3, -0.25) is 4.79 Å². The van der Waals surface area contributed by atoms with Crippen molar-refractivity contribution in [3.63, 3.8) is 0 Å². The van der Waals surface area contributed by atoms with Gasteiger partial charge in [0.1, 0.15) is 18.2 Å². The summed E-state index contributed by atoms with van der Waals surface area (Å²) < 4.78 is 25.1. The minimum atomic E-state index is -0.831. The molecule has 4 rings (SSSR count). The molecule has 0 spiro atoms. The van der Waals surface area contributed by atoms with Gasteiger partial charge in [0.25, 0.3) is 0 Å². The summed E-state index contributed by atoms with van der Waals surface area (Å²) in [5.41, 5.74) is 3.54. The molecule has 0 aromatic heterocycles. The van der Waals surface area contributed by atoms with Gasteiger partial charge in [-0.2, -0.15) is 0 Å². The van der Waals surface area contributed by atoms with E-state index in [0.717, 1.165) is 47.1 Å². The number of esters is 1. The Kier molecular flexibility index (Phi) is 7.79. The molecule has 0 bridgehead atoms. The van der Waals surface area contributed by atoms with Gasteiger partial charge in [0.15, 0.2) is 0 Å². The quantitative estimate of drug-likeness (QED) is 0.329. The van der Waals surface area contributed by atoms with Crippen LogP contribution in [0.5, 0.6) is 5.75 Å². The van der Waals surface area contributed by atoms with Crippen LogP contribution in [0, 0.1) is 11.2 Å². The van der Waals surface area contributed by atoms with Crippen LogP contribution >= 0.6 is 0 Å². The highest BCUT2D eigenvalue weighted by atomic mass is 19.1. The van der Waals surface area contributed by atoms with Crippen LogP contribution < -0.4 is 4.74 Å². The van der Waals surface area contributed by atoms with Gasteiger partial charge in [0.05, 0.1) is 12.2 Å². The van der Waals surface area contributed by atoms with Crippen molar-refractivity contribution in [1.29, 1.82) is 0 Å². The molecule has 3 aromatic carbocycles. The van der Waals surface area contributed by atoms with Crippen molar-refractivity contribution in [1.82, 2.24) is 0 Å². The summed E-state index contributed by atoms with van der Waals surface area (Å²) in [5, 5.41) is 11.4. The lowest BCUT2D eigenvalue weighted by molar-refractivity contribution is -0.143. The third-order valence-corrected chi connectivity index (χ3v) is 7.44. The molecular formula is C31H35FO4. The Morgan fingerprint density at radius 1 is 1.00 bits per heavy atom. The predicted molar refractivity (Wildman–Crippen MR) is 139 cm³/mol. The number of carbonyl (C=O) groups is 1. The van der Waals surface area contributed by atoms with E-state index in [2.05, 4.69) is 13.8 Å². The molecule has 36 heavy (non-hydrogen) atoms. The van der Waals surface area contributed by atoms with Crippen molar-refractivity contribution >= 4 is 5.97 Å². The summed E-state index contributed by atoms with van der Waals surface area (Å²) in [6.07, 6.45) is 3.72. The highest BCUT2D eigenvalue weighted by Crippen LogP contribution is 2.52. The number of rotatable bonds is 9. The number of aliphatic hydroxyl groups is 1. The van der Waals surface area contributed by atoms with E-state index in [-0.39, 0.29) is 23.8 Å². The monoisotopic (exact) mass is 490 g/mol. The largest absolute Gasteiger partial charge is 0.489 e. The predicted octanol–water partition coefficient (Wildman–Crippen LogP) is 6.97. The second-order valence-corrected chi connectivity index (χ2v) is 10.2. The Bertz CT molecular complexity index is 1180. The van der Waals surface area contributed by atoms with Crippen LogP contribution in [0.4, 0.5) is 4.39 Å². The van der Waals surface area contributed by atoms with Crippen molar-refractivity contribution in [2.45, 2.75) is 65.1 Å². The normalized spacial score (nSPS) is 18.7. The first-order valence-electron chi connectivity index (χ1n) is 12.7. The number of benzene rings is 3. The second kappa shape index (κ2) is 10.8. The van der Waals surface area contributed by atoms with Gasteiger partial charge in [-0.05, 0) is 90.1 Å². The van der Waals surface area contributed by atoms with Crippen LogP contribution in [0.25, 0.3) is 11.1 Å². The van der Waals surface area contributed by atoms with Gasteiger partial charge in [-0.1, -0.05) is 56.3 Å². The summed E-state index contributed by atoms with van der Waals surface area (Å²) in [6, 6.07) is 20.3. The fourth-order valence-electron chi connectivity index (χ4n) is 5.15. The van der Waals surface area contributed by atoms with Crippen molar-refractivity contribution in [2.24, 2.45) is 5.41 Å². The summed E-state index contributed by atoms with van der Waals surface area (Å²) in [5.74, 6) is 0.155. The van der Waals surface area contributed by atoms with Gasteiger partial charge >= 0.3 is 5.97 Å². The average Bonchev–Trinajstić information content (AvgIpc) is 3.15. The van der Waals surface area contributed by atoms with E-state index >= 15 is 0 Å². The van der Waals surface area contributed by atoms with Gasteiger partial charge < -0.3 is 14.6 Å². The third-order valence-electron chi connectivity index (χ3n) is 7.44. The molecule has 5 heteroatoms. The average molecular weight is 491 g/mol. The zero-order valence-corrected chi connectivity index (χ0v) is 21.4. The van der Waals surface area contributed by atoms with E-state index < -0.39 is 5.60 Å². The van der Waals surface area contributed by atoms with Crippen LogP contribution in [-0.4, -0.2) is 17.7 Å². The Balaban J connectivity index is 1.46. The number of aryl methyl sites for hydroxylation is 1. The zero-order valence-electron chi connectivity index (χ0n) is 21.4. The van der Waals surface area contributed by atoms with E-state index in [1.54, 1.807) is 13.0 Å². The van der Waals surface area contributed by atoms with E-state index in [0.29, 0.717) is 25.2 Å². The SMILES string of the molecule is CCOC(=O)CCc1ccc(OCc2cc(F)ccc2-c2ccc(C3(O)CCCC3(C)C)cc2)cc1. The minimum absolute atomic E-state index is 0.169. The smallest absolute Gasteiger partial charge is 0.306 e. The number of ether oxygens (including phenoxy) is 2. The molecule has 0 saturated heterocycles. The Morgan fingerprint density at radius 3 is 2.36 bits per heavy atom. The Hall–Kier alpha value is -3.18. The lowest BCUT2D eigenvalue weighted by Gasteiger charge is -2.37. The first-order valence-corrected chi connectivity index (χ1v) is 12.7. The number of halogens is 1. The van der Waals surface area contributed by atoms with E-state index in [9.17, 15) is 14.3 Å². The highest BCUT2D eigenvalue weighted by Gasteiger charge is 2.48. The maximum atomic E-state index is 14.1. The van der Waals surface area contributed by atoms with E-state index in [4.69, 9.17) is 9.47 Å². The standard InChI is InChI=1S/C31H35FO4/c1-4-35-29(33)17-8-22-6-14-27(15-7-22)36-21-24-20-26(32)13-16-28(24)23-9-11-25(12-10-23)31(34)19-5-18-30(31,2)3/h6-7,9-16,20,34H,4-5,8,17-19,21H2,1-3H3. The summed E-state index contributed by atoms with van der Waals surface area (Å²) in [4.78, 5) is 11.6. The minimum Gasteiger partial charge on any atom is -0.489 e. The van der Waals surface area contributed by atoms with Gasteiger partial charge in [0.2, 0.25) is 0 Å². The first kappa shape index (κ1) is 25.9. The number of hydrogen-bond acceptors (Lipinski definition) is 4. The molecule has 0 aliphatic heterocycles. The molecule has 4 nitrogen and oxygen atoms in total. The topological polar surface area (TPSA) is 55.8 Å².